The van der Waals surface area contributed by atoms with Gasteiger partial charge in [0.05, 0.1) is 6.10 Å². The van der Waals surface area contributed by atoms with Crippen LogP contribution < -0.4 is 14.8 Å². The standard InChI is InChI=1S/C12H15NO3/c14-10-4-9(5-10)13-6-8-1-2-11-12(3-8)16-7-15-11/h1-3,9-10,13-14H,4-7H2. The number of ether oxygens (including phenoxy) is 2. The van der Waals surface area contributed by atoms with E-state index in [1.54, 1.807) is 0 Å². The van der Waals surface area contributed by atoms with Gasteiger partial charge in [-0.2, -0.15) is 0 Å². The lowest BCUT2D eigenvalue weighted by molar-refractivity contribution is 0.0619. The van der Waals surface area contributed by atoms with Crippen molar-refractivity contribution in [3.05, 3.63) is 23.8 Å². The molecule has 1 aromatic rings. The summed E-state index contributed by atoms with van der Waals surface area (Å²) in [6.45, 7) is 1.13. The normalized spacial score (nSPS) is 26.6. The molecule has 0 radical (unpaired) electrons. The second-order valence-corrected chi connectivity index (χ2v) is 4.39. The van der Waals surface area contributed by atoms with Gasteiger partial charge in [-0.25, -0.2) is 0 Å². The van der Waals surface area contributed by atoms with Gasteiger partial charge < -0.3 is 19.9 Å². The Morgan fingerprint density at radius 3 is 2.88 bits per heavy atom. The fraction of sp³-hybridized carbons (Fsp3) is 0.500. The van der Waals surface area contributed by atoms with E-state index in [2.05, 4.69) is 5.32 Å². The van der Waals surface area contributed by atoms with Crippen molar-refractivity contribution in [2.75, 3.05) is 6.79 Å². The van der Waals surface area contributed by atoms with Crippen molar-refractivity contribution in [3.63, 3.8) is 0 Å². The Kier molecular flexibility index (Phi) is 2.46. The zero-order chi connectivity index (χ0) is 11.0. The van der Waals surface area contributed by atoms with Gasteiger partial charge in [-0.1, -0.05) is 6.07 Å². The largest absolute Gasteiger partial charge is 0.454 e. The molecule has 1 aliphatic carbocycles. The first-order valence-corrected chi connectivity index (χ1v) is 5.61. The lowest BCUT2D eigenvalue weighted by Gasteiger charge is -2.32. The number of aliphatic hydroxyl groups is 1. The number of fused-ring (bicyclic) bond motifs is 1. The SMILES string of the molecule is OC1CC(NCc2ccc3c(c2)OCO3)C1. The highest BCUT2D eigenvalue weighted by Gasteiger charge is 2.26. The van der Waals surface area contributed by atoms with E-state index >= 15 is 0 Å². The summed E-state index contributed by atoms with van der Waals surface area (Å²) >= 11 is 0. The molecule has 86 valence electrons. The first kappa shape index (κ1) is 9.93. The van der Waals surface area contributed by atoms with E-state index in [0.29, 0.717) is 12.8 Å². The number of nitrogens with one attached hydrogen (secondary N) is 1. The maximum absolute atomic E-state index is 9.17. The van der Waals surface area contributed by atoms with Gasteiger partial charge in [-0.15, -0.1) is 0 Å². The zero-order valence-corrected chi connectivity index (χ0v) is 8.98. The molecule has 1 aromatic carbocycles. The Labute approximate surface area is 94.2 Å². The van der Waals surface area contributed by atoms with Crippen LogP contribution in [0.4, 0.5) is 0 Å². The number of aliphatic hydroxyl groups excluding tert-OH is 1. The average molecular weight is 221 g/mol. The molecule has 0 unspecified atom stereocenters. The Morgan fingerprint density at radius 2 is 2.06 bits per heavy atom. The summed E-state index contributed by atoms with van der Waals surface area (Å²) in [7, 11) is 0. The predicted octanol–water partition coefficient (Wildman–Crippen LogP) is 1.03. The summed E-state index contributed by atoms with van der Waals surface area (Å²) in [6, 6.07) is 6.44. The van der Waals surface area contributed by atoms with Gasteiger partial charge in [0.2, 0.25) is 6.79 Å². The van der Waals surface area contributed by atoms with Crippen LogP contribution in [0.2, 0.25) is 0 Å². The molecule has 2 N–H and O–H groups in total. The third kappa shape index (κ3) is 1.86. The van der Waals surface area contributed by atoms with Crippen LogP contribution in [0.5, 0.6) is 11.5 Å². The molecule has 0 aromatic heterocycles. The highest BCUT2D eigenvalue weighted by atomic mass is 16.7. The van der Waals surface area contributed by atoms with E-state index in [1.165, 1.54) is 5.56 Å². The van der Waals surface area contributed by atoms with Crippen molar-refractivity contribution in [2.24, 2.45) is 0 Å². The van der Waals surface area contributed by atoms with Gasteiger partial charge in [-0.3, -0.25) is 0 Å². The third-order valence-corrected chi connectivity index (χ3v) is 3.15. The van der Waals surface area contributed by atoms with Crippen LogP contribution in [-0.2, 0) is 6.54 Å². The van der Waals surface area contributed by atoms with Crippen LogP contribution in [0.1, 0.15) is 18.4 Å². The topological polar surface area (TPSA) is 50.7 Å². The smallest absolute Gasteiger partial charge is 0.231 e. The van der Waals surface area contributed by atoms with Crippen molar-refractivity contribution >= 4 is 0 Å². The summed E-state index contributed by atoms with van der Waals surface area (Å²) in [5, 5.41) is 12.6. The summed E-state index contributed by atoms with van der Waals surface area (Å²) in [5.41, 5.74) is 1.19. The molecule has 16 heavy (non-hydrogen) atoms. The van der Waals surface area contributed by atoms with Crippen molar-refractivity contribution in [2.45, 2.75) is 31.5 Å². The highest BCUT2D eigenvalue weighted by Crippen LogP contribution is 2.32. The molecule has 2 aliphatic rings. The molecule has 0 bridgehead atoms. The quantitative estimate of drug-likeness (QED) is 0.800. The predicted molar refractivity (Wildman–Crippen MR) is 58.4 cm³/mol. The Morgan fingerprint density at radius 1 is 1.25 bits per heavy atom. The van der Waals surface area contributed by atoms with Crippen molar-refractivity contribution < 1.29 is 14.6 Å². The van der Waals surface area contributed by atoms with Crippen LogP contribution in [0, 0.1) is 0 Å². The minimum Gasteiger partial charge on any atom is -0.454 e. The van der Waals surface area contributed by atoms with Crippen molar-refractivity contribution in [1.29, 1.82) is 0 Å². The summed E-state index contributed by atoms with van der Waals surface area (Å²) in [6.07, 6.45) is 1.63. The number of rotatable bonds is 3. The maximum atomic E-state index is 9.17. The Bertz CT molecular complexity index is 388. The van der Waals surface area contributed by atoms with Gasteiger partial charge in [0.15, 0.2) is 11.5 Å². The van der Waals surface area contributed by atoms with E-state index < -0.39 is 0 Å². The fourth-order valence-electron chi connectivity index (χ4n) is 2.07. The number of hydrogen-bond donors (Lipinski definition) is 2. The molecule has 1 saturated carbocycles. The van der Waals surface area contributed by atoms with E-state index in [-0.39, 0.29) is 6.10 Å². The Balaban J connectivity index is 1.58. The van der Waals surface area contributed by atoms with Crippen LogP contribution in [-0.4, -0.2) is 24.0 Å². The lowest BCUT2D eigenvalue weighted by atomic mass is 9.89. The van der Waals surface area contributed by atoms with Crippen molar-refractivity contribution in [1.82, 2.24) is 5.32 Å². The van der Waals surface area contributed by atoms with E-state index in [9.17, 15) is 0 Å². The molecule has 0 saturated heterocycles. The van der Waals surface area contributed by atoms with Gasteiger partial charge in [0.1, 0.15) is 0 Å². The molecular weight excluding hydrogens is 206 g/mol. The molecule has 1 heterocycles. The molecule has 3 rings (SSSR count). The third-order valence-electron chi connectivity index (χ3n) is 3.15. The minimum absolute atomic E-state index is 0.103. The molecule has 4 heteroatoms. The summed E-state index contributed by atoms with van der Waals surface area (Å²) < 4.78 is 10.6. The van der Waals surface area contributed by atoms with Gasteiger partial charge in [-0.05, 0) is 30.5 Å². The lowest BCUT2D eigenvalue weighted by Crippen LogP contribution is -2.43. The molecule has 1 fully saturated rings. The highest BCUT2D eigenvalue weighted by molar-refractivity contribution is 5.44. The molecular formula is C12H15NO3. The Hall–Kier alpha value is -1.26. The maximum Gasteiger partial charge on any atom is 0.231 e. The molecule has 4 nitrogen and oxygen atoms in total. The van der Waals surface area contributed by atoms with Crippen LogP contribution in [0.25, 0.3) is 0 Å². The number of benzene rings is 1. The summed E-state index contributed by atoms with van der Waals surface area (Å²) in [5.74, 6) is 1.65. The van der Waals surface area contributed by atoms with Crippen LogP contribution in [0.15, 0.2) is 18.2 Å². The molecule has 1 aliphatic heterocycles. The van der Waals surface area contributed by atoms with E-state index in [4.69, 9.17) is 14.6 Å². The first-order valence-electron chi connectivity index (χ1n) is 5.61. The monoisotopic (exact) mass is 221 g/mol. The van der Waals surface area contributed by atoms with Gasteiger partial charge in [0, 0.05) is 12.6 Å². The summed E-state index contributed by atoms with van der Waals surface area (Å²) in [4.78, 5) is 0. The fourth-order valence-corrected chi connectivity index (χ4v) is 2.07. The van der Waals surface area contributed by atoms with E-state index in [1.807, 2.05) is 18.2 Å². The van der Waals surface area contributed by atoms with Crippen LogP contribution >= 0.6 is 0 Å². The average Bonchev–Trinajstić information content (AvgIpc) is 2.69. The first-order chi connectivity index (χ1) is 7.81. The molecule has 0 amide bonds. The zero-order valence-electron chi connectivity index (χ0n) is 8.98. The molecule has 0 atom stereocenters. The second kappa shape index (κ2) is 3.96. The van der Waals surface area contributed by atoms with Gasteiger partial charge >= 0.3 is 0 Å². The minimum atomic E-state index is -0.103. The number of hydrogen-bond acceptors (Lipinski definition) is 4. The second-order valence-electron chi connectivity index (χ2n) is 4.39. The van der Waals surface area contributed by atoms with Crippen molar-refractivity contribution in [3.8, 4) is 11.5 Å². The molecule has 0 spiro atoms. The van der Waals surface area contributed by atoms with Gasteiger partial charge in [0.25, 0.3) is 0 Å². The van der Waals surface area contributed by atoms with Crippen LogP contribution in [0.3, 0.4) is 0 Å². The van der Waals surface area contributed by atoms with E-state index in [0.717, 1.165) is 30.9 Å².